The fourth-order valence-corrected chi connectivity index (χ4v) is 2.34. The standard InChI is InChI=1S/C17H15FN2O2/c1-11(12-6-8-13(18)9-7-12)19-17(21)10-15-14-4-2-3-5-16(14)22-20-15/h2-9,11H,10H2,1H3,(H,19,21). The van der Waals surface area contributed by atoms with E-state index in [9.17, 15) is 9.18 Å². The highest BCUT2D eigenvalue weighted by Crippen LogP contribution is 2.19. The van der Waals surface area contributed by atoms with Gasteiger partial charge in [0.2, 0.25) is 5.91 Å². The molecule has 0 aliphatic rings. The van der Waals surface area contributed by atoms with Gasteiger partial charge in [-0.1, -0.05) is 29.4 Å². The lowest BCUT2D eigenvalue weighted by Gasteiger charge is -2.13. The molecule has 22 heavy (non-hydrogen) atoms. The lowest BCUT2D eigenvalue weighted by molar-refractivity contribution is -0.121. The van der Waals surface area contributed by atoms with Crippen molar-refractivity contribution in [2.75, 3.05) is 0 Å². The lowest BCUT2D eigenvalue weighted by Crippen LogP contribution is -2.28. The molecule has 0 bridgehead atoms. The molecule has 0 radical (unpaired) electrons. The summed E-state index contributed by atoms with van der Waals surface area (Å²) in [5.74, 6) is -0.452. The van der Waals surface area contributed by atoms with Crippen molar-refractivity contribution in [1.29, 1.82) is 0 Å². The van der Waals surface area contributed by atoms with Crippen LogP contribution >= 0.6 is 0 Å². The zero-order valence-corrected chi connectivity index (χ0v) is 12.0. The first kappa shape index (κ1) is 14.3. The number of nitrogens with zero attached hydrogens (tertiary/aromatic N) is 1. The monoisotopic (exact) mass is 298 g/mol. The highest BCUT2D eigenvalue weighted by molar-refractivity contribution is 5.86. The van der Waals surface area contributed by atoms with Crippen LogP contribution in [0.1, 0.15) is 24.2 Å². The van der Waals surface area contributed by atoms with Gasteiger partial charge in [-0.2, -0.15) is 0 Å². The van der Waals surface area contributed by atoms with Gasteiger partial charge in [0.15, 0.2) is 5.58 Å². The van der Waals surface area contributed by atoms with Crippen molar-refractivity contribution in [1.82, 2.24) is 10.5 Å². The minimum Gasteiger partial charge on any atom is -0.356 e. The number of hydrogen-bond acceptors (Lipinski definition) is 3. The Labute approximate surface area is 126 Å². The van der Waals surface area contributed by atoms with E-state index in [-0.39, 0.29) is 24.2 Å². The molecule has 112 valence electrons. The molecule has 0 spiro atoms. The largest absolute Gasteiger partial charge is 0.356 e. The normalized spacial score (nSPS) is 12.3. The maximum absolute atomic E-state index is 12.9. The molecule has 1 unspecified atom stereocenters. The van der Waals surface area contributed by atoms with Crippen LogP contribution in [0.5, 0.6) is 0 Å². The van der Waals surface area contributed by atoms with Crippen LogP contribution in [0.4, 0.5) is 4.39 Å². The average molecular weight is 298 g/mol. The summed E-state index contributed by atoms with van der Waals surface area (Å²) in [6.07, 6.45) is 0.141. The second-order valence-corrected chi connectivity index (χ2v) is 5.14. The molecule has 2 aromatic carbocycles. The highest BCUT2D eigenvalue weighted by atomic mass is 19.1. The molecule has 1 N–H and O–H groups in total. The fourth-order valence-electron chi connectivity index (χ4n) is 2.34. The summed E-state index contributed by atoms with van der Waals surface area (Å²) in [4.78, 5) is 12.1. The average Bonchev–Trinajstić information content (AvgIpc) is 2.91. The van der Waals surface area contributed by atoms with Crippen LogP contribution < -0.4 is 5.32 Å². The Bertz CT molecular complexity index is 796. The summed E-state index contributed by atoms with van der Waals surface area (Å²) >= 11 is 0. The van der Waals surface area contributed by atoms with Gasteiger partial charge < -0.3 is 9.84 Å². The van der Waals surface area contributed by atoms with Gasteiger partial charge in [0.25, 0.3) is 0 Å². The molecule has 0 saturated heterocycles. The second kappa shape index (κ2) is 5.97. The van der Waals surface area contributed by atoms with Crippen LogP contribution in [-0.2, 0) is 11.2 Å². The Morgan fingerprint density at radius 2 is 1.95 bits per heavy atom. The number of carbonyl (C=O) groups is 1. The third-order valence-corrected chi connectivity index (χ3v) is 3.53. The van der Waals surface area contributed by atoms with Gasteiger partial charge in [-0.3, -0.25) is 4.79 Å². The molecule has 1 aromatic heterocycles. The highest BCUT2D eigenvalue weighted by Gasteiger charge is 2.14. The molecule has 1 atom stereocenters. The number of benzene rings is 2. The smallest absolute Gasteiger partial charge is 0.226 e. The van der Waals surface area contributed by atoms with E-state index in [4.69, 9.17) is 4.52 Å². The molecular weight excluding hydrogens is 283 g/mol. The van der Waals surface area contributed by atoms with E-state index in [0.717, 1.165) is 10.9 Å². The Morgan fingerprint density at radius 1 is 1.23 bits per heavy atom. The predicted molar refractivity (Wildman–Crippen MR) is 80.7 cm³/mol. The number of rotatable bonds is 4. The number of carbonyl (C=O) groups excluding carboxylic acids is 1. The summed E-state index contributed by atoms with van der Waals surface area (Å²) in [6.45, 7) is 1.85. The number of nitrogens with one attached hydrogen (secondary N) is 1. The zero-order chi connectivity index (χ0) is 15.5. The SMILES string of the molecule is CC(NC(=O)Cc1noc2ccccc12)c1ccc(F)cc1. The molecule has 3 aromatic rings. The third kappa shape index (κ3) is 2.98. The van der Waals surface area contributed by atoms with Crippen LogP contribution in [0.2, 0.25) is 0 Å². The molecular formula is C17H15FN2O2. The van der Waals surface area contributed by atoms with Crippen LogP contribution in [0.3, 0.4) is 0 Å². The maximum atomic E-state index is 12.9. The maximum Gasteiger partial charge on any atom is 0.226 e. The van der Waals surface area contributed by atoms with E-state index in [1.165, 1.54) is 12.1 Å². The van der Waals surface area contributed by atoms with E-state index in [1.807, 2.05) is 31.2 Å². The molecule has 1 heterocycles. The molecule has 4 nitrogen and oxygen atoms in total. The third-order valence-electron chi connectivity index (χ3n) is 3.53. The number of halogens is 1. The van der Waals surface area contributed by atoms with Crippen molar-refractivity contribution in [2.24, 2.45) is 0 Å². The van der Waals surface area contributed by atoms with E-state index >= 15 is 0 Å². The second-order valence-electron chi connectivity index (χ2n) is 5.14. The zero-order valence-electron chi connectivity index (χ0n) is 12.0. The first-order valence-electron chi connectivity index (χ1n) is 7.01. The van der Waals surface area contributed by atoms with E-state index < -0.39 is 0 Å². The number of aromatic nitrogens is 1. The Balaban J connectivity index is 1.68. The Morgan fingerprint density at radius 3 is 2.73 bits per heavy atom. The quantitative estimate of drug-likeness (QED) is 0.803. The summed E-state index contributed by atoms with van der Waals surface area (Å²) in [7, 11) is 0. The van der Waals surface area contributed by atoms with Crippen molar-refractivity contribution in [2.45, 2.75) is 19.4 Å². The molecule has 3 rings (SSSR count). The molecule has 0 fully saturated rings. The van der Waals surface area contributed by atoms with E-state index in [0.29, 0.717) is 11.3 Å². The van der Waals surface area contributed by atoms with Gasteiger partial charge in [0, 0.05) is 5.39 Å². The number of hydrogen-bond donors (Lipinski definition) is 1. The van der Waals surface area contributed by atoms with Crippen LogP contribution in [0.15, 0.2) is 53.1 Å². The van der Waals surface area contributed by atoms with Crippen molar-refractivity contribution in [3.8, 4) is 0 Å². The van der Waals surface area contributed by atoms with Crippen molar-refractivity contribution in [3.63, 3.8) is 0 Å². The van der Waals surface area contributed by atoms with Crippen LogP contribution in [0, 0.1) is 5.82 Å². The van der Waals surface area contributed by atoms with Crippen molar-refractivity contribution >= 4 is 16.9 Å². The minimum atomic E-state index is -0.295. The van der Waals surface area contributed by atoms with Crippen molar-refractivity contribution in [3.05, 3.63) is 65.6 Å². The predicted octanol–water partition coefficient (Wildman–Crippen LogP) is 3.39. The van der Waals surface area contributed by atoms with Gasteiger partial charge in [0.1, 0.15) is 11.5 Å². The number of fused-ring (bicyclic) bond motifs is 1. The summed E-state index contributed by atoms with van der Waals surface area (Å²) in [5.41, 5.74) is 2.12. The minimum absolute atomic E-state index is 0.141. The fraction of sp³-hybridized carbons (Fsp3) is 0.176. The van der Waals surface area contributed by atoms with Gasteiger partial charge in [-0.25, -0.2) is 4.39 Å². The summed E-state index contributed by atoms with van der Waals surface area (Å²) in [5, 5.41) is 7.66. The van der Waals surface area contributed by atoms with Gasteiger partial charge in [-0.15, -0.1) is 0 Å². The molecule has 0 aliphatic heterocycles. The molecule has 0 saturated carbocycles. The van der Waals surface area contributed by atoms with Crippen molar-refractivity contribution < 1.29 is 13.7 Å². The number of amides is 1. The topological polar surface area (TPSA) is 55.1 Å². The first-order valence-corrected chi connectivity index (χ1v) is 7.01. The lowest BCUT2D eigenvalue weighted by atomic mass is 10.1. The molecule has 1 amide bonds. The van der Waals surface area contributed by atoms with Crippen LogP contribution in [-0.4, -0.2) is 11.1 Å². The summed E-state index contributed by atoms with van der Waals surface area (Å²) < 4.78 is 18.1. The summed E-state index contributed by atoms with van der Waals surface area (Å²) in [6, 6.07) is 13.3. The first-order chi connectivity index (χ1) is 10.6. The van der Waals surface area contributed by atoms with Crippen LogP contribution in [0.25, 0.3) is 11.0 Å². The van der Waals surface area contributed by atoms with Gasteiger partial charge in [-0.05, 0) is 36.8 Å². The molecule has 5 heteroatoms. The van der Waals surface area contributed by atoms with Gasteiger partial charge >= 0.3 is 0 Å². The van der Waals surface area contributed by atoms with E-state index in [1.54, 1.807) is 12.1 Å². The van der Waals surface area contributed by atoms with Gasteiger partial charge in [0.05, 0.1) is 12.5 Å². The van der Waals surface area contributed by atoms with E-state index in [2.05, 4.69) is 10.5 Å². The molecule has 0 aliphatic carbocycles. The Hall–Kier alpha value is -2.69. The Kier molecular flexibility index (Phi) is 3.87. The number of para-hydroxylation sites is 1.